The largest absolute Gasteiger partial charge is 0.509 e. The van der Waals surface area contributed by atoms with Crippen LogP contribution in [0.25, 0.3) is 44.5 Å². The molecule has 0 atom stereocenters. The van der Waals surface area contributed by atoms with Crippen LogP contribution >= 0.6 is 0 Å². The van der Waals surface area contributed by atoms with Crippen molar-refractivity contribution in [2.24, 2.45) is 0 Å². The number of aromatic nitrogens is 1. The number of nitrogens with zero attached hydrogens (tertiary/aromatic N) is 4. The Hall–Kier alpha value is -8.54. The van der Waals surface area contributed by atoms with Crippen molar-refractivity contribution in [2.45, 2.75) is 119 Å². The second kappa shape index (κ2) is 22.7. The normalized spacial score (nSPS) is 14.7. The Labute approximate surface area is 562 Å². The molecule has 458 valence electrons. The van der Waals surface area contributed by atoms with Crippen LogP contribution in [0.15, 0.2) is 218 Å². The van der Waals surface area contributed by atoms with Crippen LogP contribution in [-0.2, 0) is 42.7 Å². The van der Waals surface area contributed by atoms with Gasteiger partial charge in [-0.05, 0) is 143 Å². The van der Waals surface area contributed by atoms with E-state index >= 15 is 0 Å². The number of hydrogen-bond acceptors (Lipinski definition) is 5. The minimum absolute atomic E-state index is 0. The second-order valence-electron chi connectivity index (χ2n) is 28.8. The van der Waals surface area contributed by atoms with Crippen molar-refractivity contribution in [2.75, 3.05) is 14.7 Å². The van der Waals surface area contributed by atoms with Crippen LogP contribution < -0.4 is 40.2 Å². The third-order valence-electron chi connectivity index (χ3n) is 18.4. The maximum Gasteiger partial charge on any atom is 0.135 e. The van der Waals surface area contributed by atoms with Crippen molar-refractivity contribution in [3.8, 4) is 56.0 Å². The molecule has 1 aromatic heterocycles. The van der Waals surface area contributed by atoms with Crippen LogP contribution in [0.2, 0.25) is 0 Å². The second-order valence-corrected chi connectivity index (χ2v) is 32.5. The van der Waals surface area contributed by atoms with E-state index in [9.17, 15) is 2.74 Å². The predicted octanol–water partition coefficient (Wildman–Crippen LogP) is 19.8. The molecule has 0 radical (unpaired) electrons. The molecule has 3 aliphatic rings. The number of benzene rings is 10. The summed E-state index contributed by atoms with van der Waals surface area (Å²) in [4.78, 5) is 11.6. The van der Waals surface area contributed by atoms with E-state index in [1.54, 1.807) is 0 Å². The fourth-order valence-electron chi connectivity index (χ4n) is 13.5. The molecule has 11 aromatic rings. The smallest absolute Gasteiger partial charge is 0.135 e. The molecule has 4 heterocycles. The Morgan fingerprint density at radius 3 is 1.59 bits per heavy atom. The Bertz CT molecular complexity index is 4860. The molecule has 3 aliphatic heterocycles. The molecule has 10 aromatic carbocycles. The van der Waals surface area contributed by atoms with E-state index in [1.165, 1.54) is 59.7 Å². The van der Waals surface area contributed by atoms with Gasteiger partial charge in [-0.15, -0.1) is 47.9 Å². The summed E-state index contributed by atoms with van der Waals surface area (Å²) in [6.45, 7) is 33.4. The molecule has 7 heteroatoms. The summed E-state index contributed by atoms with van der Waals surface area (Å²) < 4.78 is 52.7. The van der Waals surface area contributed by atoms with Gasteiger partial charge in [0.15, 0.2) is 0 Å². The summed E-state index contributed by atoms with van der Waals surface area (Å²) >= 11 is 0. The molecule has 0 bridgehead atoms. The number of hydrogen-bond donors (Lipinski definition) is 0. The maximum atomic E-state index is 9.50. The molecule has 0 saturated heterocycles. The van der Waals surface area contributed by atoms with Gasteiger partial charge in [-0.3, -0.25) is 0 Å². The first-order valence-electron chi connectivity index (χ1n) is 33.9. The summed E-state index contributed by atoms with van der Waals surface area (Å²) in [7, 11) is -3.02. The van der Waals surface area contributed by atoms with Crippen LogP contribution in [0.3, 0.4) is 0 Å². The molecular formula is C84H79N4OPtSi-3. The Kier molecular flexibility index (Phi) is 13.8. The number of rotatable bonds is 8. The number of pyridine rings is 1. The number of anilines is 7. The van der Waals surface area contributed by atoms with Gasteiger partial charge in [-0.25, -0.2) is 4.98 Å². The van der Waals surface area contributed by atoms with Gasteiger partial charge in [0.2, 0.25) is 0 Å². The first-order chi connectivity index (χ1) is 45.0. The zero-order valence-electron chi connectivity index (χ0n) is 59.5. The number of aryl methyl sites for hydroxylation is 2. The summed E-state index contributed by atoms with van der Waals surface area (Å²) in [6, 6.07) is 71.2. The van der Waals surface area contributed by atoms with E-state index in [4.69, 9.17) is 13.8 Å². The van der Waals surface area contributed by atoms with E-state index < -0.39 is 26.2 Å². The average Bonchev–Trinajstić information content (AvgIpc) is 1.44. The average molecular weight is 1390 g/mol. The van der Waals surface area contributed by atoms with Crippen molar-refractivity contribution in [1.29, 1.82) is 0 Å². The van der Waals surface area contributed by atoms with Crippen LogP contribution in [-0.4, -0.2) is 13.1 Å². The monoisotopic (exact) mass is 1390 g/mol. The van der Waals surface area contributed by atoms with Crippen LogP contribution in [0.1, 0.15) is 123 Å². The van der Waals surface area contributed by atoms with Gasteiger partial charge in [0, 0.05) is 72.6 Å². The van der Waals surface area contributed by atoms with Crippen LogP contribution in [0.4, 0.5) is 39.9 Å². The van der Waals surface area contributed by atoms with Crippen molar-refractivity contribution in [1.82, 2.24) is 4.98 Å². The maximum absolute atomic E-state index is 9.50. The van der Waals surface area contributed by atoms with Crippen molar-refractivity contribution in [3.05, 3.63) is 271 Å². The minimum atomic E-state index is -3.02. The zero-order valence-corrected chi connectivity index (χ0v) is 57.8. The zero-order chi connectivity index (χ0) is 67.2. The number of fused-ring (bicyclic) bond motifs is 10. The van der Waals surface area contributed by atoms with Gasteiger partial charge in [0.25, 0.3) is 0 Å². The fraction of sp³-hybridized carbons (Fsp3) is 0.214. The Morgan fingerprint density at radius 2 is 0.967 bits per heavy atom. The summed E-state index contributed by atoms with van der Waals surface area (Å²) in [5, 5.41) is 5.21. The first-order valence-corrected chi connectivity index (χ1v) is 33.4. The number of para-hydroxylation sites is 4. The molecule has 91 heavy (non-hydrogen) atoms. The van der Waals surface area contributed by atoms with Gasteiger partial charge in [-0.1, -0.05) is 245 Å². The molecule has 0 N–H and O–H groups in total. The van der Waals surface area contributed by atoms with Gasteiger partial charge >= 0.3 is 0 Å². The molecule has 0 amide bonds. The quantitative estimate of drug-likeness (QED) is 0.112. The van der Waals surface area contributed by atoms with Crippen molar-refractivity contribution >= 4 is 68.8 Å². The van der Waals surface area contributed by atoms with E-state index in [2.05, 4.69) is 263 Å². The molecule has 1 spiro atoms. The van der Waals surface area contributed by atoms with Crippen LogP contribution in [0.5, 0.6) is 11.5 Å². The van der Waals surface area contributed by atoms with Crippen LogP contribution in [0, 0.1) is 32.6 Å². The SMILES string of the molecule is [2H]c1c([2H])c([2H])c(-c2cccc(-c3cc(-c4cc(C(C)(C)C)cc(C(C)(C)C)c4)cc(C(C)(C)C)c3)c2N2[CH-]N(c3[c-]c(Oc4[c-]c5c(cc4)[Si]4(c6ccc(C)cc6-c6cc(C)ccc64)c4ccccc4N5c4cc(C(C)(C)C)ccn4)ccc3)c3ccccc32)c([2H])c1[2H].[Pt]. The van der Waals surface area contributed by atoms with Gasteiger partial charge in [-0.2, -0.15) is 12.1 Å². The molecule has 5 nitrogen and oxygen atoms in total. The topological polar surface area (TPSA) is 31.8 Å². The minimum Gasteiger partial charge on any atom is -0.509 e. The van der Waals surface area contributed by atoms with Crippen molar-refractivity contribution < 1.29 is 32.7 Å². The van der Waals surface area contributed by atoms with E-state index in [0.29, 0.717) is 28.4 Å². The van der Waals surface area contributed by atoms with E-state index in [0.717, 1.165) is 56.4 Å². The van der Waals surface area contributed by atoms with E-state index in [1.807, 2.05) is 55.3 Å². The fourth-order valence-corrected chi connectivity index (χ4v) is 19.0. The summed E-state index contributed by atoms with van der Waals surface area (Å²) in [6.07, 6.45) is 1.92. The molecule has 0 fully saturated rings. The summed E-state index contributed by atoms with van der Waals surface area (Å²) in [5.74, 6) is 1.80. The van der Waals surface area contributed by atoms with Crippen molar-refractivity contribution in [3.63, 3.8) is 0 Å². The third-order valence-corrected chi connectivity index (χ3v) is 23.3. The number of ether oxygens (including phenoxy) is 1. The molecule has 0 saturated carbocycles. The van der Waals surface area contributed by atoms with Gasteiger partial charge < -0.3 is 19.4 Å². The van der Waals surface area contributed by atoms with E-state index in [-0.39, 0.29) is 60.4 Å². The van der Waals surface area contributed by atoms with Gasteiger partial charge in [0.05, 0.1) is 6.85 Å². The van der Waals surface area contributed by atoms with Gasteiger partial charge in [0.1, 0.15) is 13.9 Å². The third kappa shape index (κ3) is 10.8. The summed E-state index contributed by atoms with van der Waals surface area (Å²) in [5.41, 5.74) is 18.6. The molecule has 0 unspecified atom stereocenters. The molecular weight excluding hydrogens is 1300 g/mol. The molecule has 0 aliphatic carbocycles. The first kappa shape index (κ1) is 55.3. The standard InChI is InChI=1S/C84H79N4OSi.Pt/c1-54-34-37-75-69(42-54)70-43-55(2)35-38-76(70)90(75)77-33-21-20-32-73(77)88(79-50-60(40-41-85-79)81(3,4)5)74-52-66(36-39-78(74)90)89-65-27-22-26-64(51-65)86-53-87(72-31-19-18-30-71(72)86)80-67(56-24-16-15-17-25-56)28-23-29-68(80)59-44-57(45-61(48-59)82(6,7)8)58-46-62(83(9,10)11)49-63(47-58)84(12,13)14;/h15-50,53H,1-14H3;/q-3;/i15D,16D,17D,24D,25D;. The molecule has 14 rings (SSSR count). The predicted molar refractivity (Wildman–Crippen MR) is 381 cm³/mol. The Morgan fingerprint density at radius 1 is 0.440 bits per heavy atom. The Balaban J connectivity index is 0.00000833.